The van der Waals surface area contributed by atoms with Crippen molar-refractivity contribution in [1.29, 1.82) is 0 Å². The number of rotatable bonds is 3. The zero-order chi connectivity index (χ0) is 14.7. The second kappa shape index (κ2) is 6.22. The molecule has 2 atom stereocenters. The van der Waals surface area contributed by atoms with Gasteiger partial charge >= 0.3 is 0 Å². The van der Waals surface area contributed by atoms with Gasteiger partial charge in [0.2, 0.25) is 0 Å². The number of oxime groups is 1. The van der Waals surface area contributed by atoms with E-state index in [-0.39, 0.29) is 11.7 Å². The number of piperidine rings is 1. The van der Waals surface area contributed by atoms with Gasteiger partial charge in [-0.3, -0.25) is 4.90 Å². The number of hydrogen-bond donors (Lipinski definition) is 2. The minimum atomic E-state index is -0.359. The summed E-state index contributed by atoms with van der Waals surface area (Å²) < 4.78 is 13.6. The zero-order valence-electron chi connectivity index (χ0n) is 12.0. The fourth-order valence-electron chi connectivity index (χ4n) is 2.83. The molecule has 0 amide bonds. The highest BCUT2D eigenvalue weighted by Gasteiger charge is 2.24. The van der Waals surface area contributed by atoms with E-state index in [9.17, 15) is 4.39 Å². The number of nitrogens with two attached hydrogens (primary N) is 1. The Morgan fingerprint density at radius 1 is 1.45 bits per heavy atom. The highest BCUT2D eigenvalue weighted by Crippen LogP contribution is 2.24. The summed E-state index contributed by atoms with van der Waals surface area (Å²) in [4.78, 5) is 2.36. The first-order chi connectivity index (χ1) is 9.51. The van der Waals surface area contributed by atoms with Crippen molar-refractivity contribution >= 4 is 5.84 Å². The Hall–Kier alpha value is -1.62. The smallest absolute Gasteiger partial charge is 0.170 e. The van der Waals surface area contributed by atoms with E-state index in [1.807, 2.05) is 0 Å². The zero-order valence-corrected chi connectivity index (χ0v) is 12.0. The quantitative estimate of drug-likeness (QED) is 0.387. The molecule has 1 heterocycles. The molecule has 20 heavy (non-hydrogen) atoms. The van der Waals surface area contributed by atoms with Crippen LogP contribution in [0.15, 0.2) is 23.4 Å². The number of halogens is 1. The first-order valence-electron chi connectivity index (χ1n) is 7.02. The van der Waals surface area contributed by atoms with Crippen molar-refractivity contribution in [2.75, 3.05) is 6.54 Å². The van der Waals surface area contributed by atoms with Crippen LogP contribution in [0.4, 0.5) is 4.39 Å². The van der Waals surface area contributed by atoms with Crippen molar-refractivity contribution in [1.82, 2.24) is 4.90 Å². The maximum Gasteiger partial charge on any atom is 0.170 e. The molecule has 1 aromatic rings. The van der Waals surface area contributed by atoms with Crippen LogP contribution in [0.1, 0.15) is 37.8 Å². The summed E-state index contributed by atoms with van der Waals surface area (Å²) in [5, 5.41) is 11.6. The van der Waals surface area contributed by atoms with Crippen LogP contribution in [0.2, 0.25) is 0 Å². The summed E-state index contributed by atoms with van der Waals surface area (Å²) >= 11 is 0. The molecule has 0 radical (unpaired) electrons. The fourth-order valence-corrected chi connectivity index (χ4v) is 2.83. The molecule has 2 unspecified atom stereocenters. The Bertz CT molecular complexity index is 504. The van der Waals surface area contributed by atoms with Gasteiger partial charge in [-0.2, -0.15) is 0 Å². The van der Waals surface area contributed by atoms with Gasteiger partial charge in [-0.15, -0.1) is 0 Å². The van der Waals surface area contributed by atoms with Crippen LogP contribution >= 0.6 is 0 Å². The molecule has 0 saturated carbocycles. The van der Waals surface area contributed by atoms with Crippen LogP contribution in [0.5, 0.6) is 0 Å². The molecule has 5 heteroatoms. The lowest BCUT2D eigenvalue weighted by molar-refractivity contribution is 0.106. The lowest BCUT2D eigenvalue weighted by atomic mass is 9.91. The van der Waals surface area contributed by atoms with Crippen LogP contribution in [-0.2, 0) is 6.54 Å². The van der Waals surface area contributed by atoms with Crippen molar-refractivity contribution in [3.05, 3.63) is 35.1 Å². The van der Waals surface area contributed by atoms with Gasteiger partial charge in [0.05, 0.1) is 0 Å². The molecule has 1 aromatic carbocycles. The first kappa shape index (κ1) is 14.8. The van der Waals surface area contributed by atoms with E-state index >= 15 is 0 Å². The van der Waals surface area contributed by atoms with Gasteiger partial charge in [0.1, 0.15) is 5.82 Å². The first-order valence-corrected chi connectivity index (χ1v) is 7.02. The molecular weight excluding hydrogens is 257 g/mol. The summed E-state index contributed by atoms with van der Waals surface area (Å²) in [5.41, 5.74) is 6.81. The minimum Gasteiger partial charge on any atom is -0.409 e. The molecular formula is C15H22FN3O. The Balaban J connectivity index is 2.18. The molecule has 110 valence electrons. The van der Waals surface area contributed by atoms with Gasteiger partial charge in [0.25, 0.3) is 0 Å². The summed E-state index contributed by atoms with van der Waals surface area (Å²) in [6.45, 7) is 6.19. The molecule has 1 saturated heterocycles. The number of hydrogen-bond acceptors (Lipinski definition) is 3. The maximum atomic E-state index is 13.6. The highest BCUT2D eigenvalue weighted by atomic mass is 19.1. The van der Waals surface area contributed by atoms with Crippen LogP contribution in [0.25, 0.3) is 0 Å². The molecule has 0 bridgehead atoms. The summed E-state index contributed by atoms with van der Waals surface area (Å²) in [5.74, 6) is 0.230. The van der Waals surface area contributed by atoms with Crippen molar-refractivity contribution in [3.8, 4) is 0 Å². The van der Waals surface area contributed by atoms with Gasteiger partial charge in [-0.1, -0.05) is 12.1 Å². The van der Waals surface area contributed by atoms with Gasteiger partial charge in [0.15, 0.2) is 5.84 Å². The topological polar surface area (TPSA) is 61.8 Å². The lowest BCUT2D eigenvalue weighted by Gasteiger charge is -2.38. The predicted octanol–water partition coefficient (Wildman–Crippen LogP) is 2.54. The highest BCUT2D eigenvalue weighted by molar-refractivity contribution is 5.97. The molecule has 0 aliphatic carbocycles. The third kappa shape index (κ3) is 3.28. The van der Waals surface area contributed by atoms with E-state index in [0.717, 1.165) is 12.1 Å². The molecule has 3 N–H and O–H groups in total. The third-order valence-corrected chi connectivity index (χ3v) is 4.25. The standard InChI is InChI=1S/C15H22FN3O/c1-10-4-3-5-19(11(10)2)9-12-6-13(15(17)18-20)8-14(16)7-12/h6-8,10-11,20H,3-5,9H2,1-2H3,(H2,17,18). The second-order valence-corrected chi connectivity index (χ2v) is 5.66. The Morgan fingerprint density at radius 3 is 2.90 bits per heavy atom. The van der Waals surface area contributed by atoms with E-state index in [2.05, 4.69) is 23.9 Å². The summed E-state index contributed by atoms with van der Waals surface area (Å²) in [6, 6.07) is 5.06. The van der Waals surface area contributed by atoms with Gasteiger partial charge < -0.3 is 10.9 Å². The largest absolute Gasteiger partial charge is 0.409 e. The van der Waals surface area contributed by atoms with E-state index in [0.29, 0.717) is 24.1 Å². The average Bonchev–Trinajstić information content (AvgIpc) is 2.42. The Morgan fingerprint density at radius 2 is 2.20 bits per heavy atom. The molecule has 1 aliphatic rings. The van der Waals surface area contributed by atoms with Crippen LogP contribution in [-0.4, -0.2) is 28.5 Å². The SMILES string of the molecule is CC1CCCN(Cc2cc(F)cc(/C(N)=N/O)c2)C1C. The molecule has 0 aromatic heterocycles. The molecule has 2 rings (SSSR count). The predicted molar refractivity (Wildman–Crippen MR) is 77.2 cm³/mol. The van der Waals surface area contributed by atoms with E-state index in [1.165, 1.54) is 25.0 Å². The lowest BCUT2D eigenvalue weighted by Crippen LogP contribution is -2.41. The van der Waals surface area contributed by atoms with Crippen LogP contribution in [0, 0.1) is 11.7 Å². The van der Waals surface area contributed by atoms with E-state index < -0.39 is 0 Å². The van der Waals surface area contributed by atoms with Gasteiger partial charge in [0, 0.05) is 18.2 Å². The fraction of sp³-hybridized carbons (Fsp3) is 0.533. The average molecular weight is 279 g/mol. The second-order valence-electron chi connectivity index (χ2n) is 5.66. The summed E-state index contributed by atoms with van der Waals surface area (Å²) in [6.07, 6.45) is 2.42. The Kier molecular flexibility index (Phi) is 4.60. The van der Waals surface area contributed by atoms with Crippen molar-refractivity contribution in [2.24, 2.45) is 16.8 Å². The normalized spacial score (nSPS) is 24.9. The molecule has 0 spiro atoms. The van der Waals surface area contributed by atoms with Gasteiger partial charge in [-0.05, 0) is 56.0 Å². The van der Waals surface area contributed by atoms with Crippen molar-refractivity contribution in [2.45, 2.75) is 39.3 Å². The van der Waals surface area contributed by atoms with Crippen LogP contribution < -0.4 is 5.73 Å². The molecule has 1 aliphatic heterocycles. The monoisotopic (exact) mass is 279 g/mol. The Labute approximate surface area is 119 Å². The summed E-state index contributed by atoms with van der Waals surface area (Å²) in [7, 11) is 0. The van der Waals surface area contributed by atoms with Crippen LogP contribution in [0.3, 0.4) is 0 Å². The van der Waals surface area contributed by atoms with Crippen molar-refractivity contribution in [3.63, 3.8) is 0 Å². The van der Waals surface area contributed by atoms with Gasteiger partial charge in [-0.25, -0.2) is 4.39 Å². The maximum absolute atomic E-state index is 13.6. The third-order valence-electron chi connectivity index (χ3n) is 4.25. The van der Waals surface area contributed by atoms with Crippen molar-refractivity contribution < 1.29 is 9.60 Å². The van der Waals surface area contributed by atoms with E-state index in [4.69, 9.17) is 10.9 Å². The molecule has 4 nitrogen and oxygen atoms in total. The number of amidine groups is 1. The number of likely N-dealkylation sites (tertiary alicyclic amines) is 1. The number of benzene rings is 1. The number of nitrogens with zero attached hydrogens (tertiary/aromatic N) is 2. The molecule has 1 fully saturated rings. The van der Waals surface area contributed by atoms with E-state index in [1.54, 1.807) is 6.07 Å². The minimum absolute atomic E-state index is 0.0641.